The summed E-state index contributed by atoms with van der Waals surface area (Å²) in [6, 6.07) is 13.6. The monoisotopic (exact) mass is 634 g/mol. The van der Waals surface area contributed by atoms with Crippen molar-refractivity contribution in [2.45, 2.75) is 38.0 Å². The van der Waals surface area contributed by atoms with E-state index in [9.17, 15) is 14.4 Å². The largest absolute Gasteiger partial charge is 0.448 e. The standard InChI is InChI=1S/C31H35BrN6O4/c32-23-5-1-2-6-26(23)36-15-17-37(18-16-36)27-11-10-22(29(40)33-12-4-14-38-13-3-7-28(38)39)19-24(27)34-30(41)25-20-42-31(35-25)21-8-9-21/h1-2,5-6,10-11,19-21H,3-4,7-9,12-18H2,(H,33,40)(H,34,41). The Bertz CT molecular complexity index is 1460. The summed E-state index contributed by atoms with van der Waals surface area (Å²) in [5, 5.41) is 5.96. The highest BCUT2D eigenvalue weighted by molar-refractivity contribution is 9.10. The van der Waals surface area contributed by atoms with E-state index in [0.717, 1.165) is 67.8 Å². The summed E-state index contributed by atoms with van der Waals surface area (Å²) in [5.41, 5.74) is 3.25. The first-order valence-electron chi connectivity index (χ1n) is 14.7. The van der Waals surface area contributed by atoms with Crippen LogP contribution in [-0.2, 0) is 4.79 Å². The highest BCUT2D eigenvalue weighted by Gasteiger charge is 2.30. The fourth-order valence-electron chi connectivity index (χ4n) is 5.56. The third kappa shape index (κ3) is 6.46. The van der Waals surface area contributed by atoms with Crippen LogP contribution >= 0.6 is 15.9 Å². The Morgan fingerprint density at radius 2 is 1.74 bits per heavy atom. The predicted octanol–water partition coefficient (Wildman–Crippen LogP) is 4.64. The van der Waals surface area contributed by atoms with E-state index in [0.29, 0.717) is 49.0 Å². The van der Waals surface area contributed by atoms with Crippen LogP contribution in [0.1, 0.15) is 64.8 Å². The van der Waals surface area contributed by atoms with Crippen LogP contribution in [0, 0.1) is 0 Å². The number of nitrogens with one attached hydrogen (secondary N) is 2. The first-order valence-corrected chi connectivity index (χ1v) is 15.5. The van der Waals surface area contributed by atoms with Crippen LogP contribution in [0.3, 0.4) is 0 Å². The predicted molar refractivity (Wildman–Crippen MR) is 164 cm³/mol. The molecule has 0 unspecified atom stereocenters. The smallest absolute Gasteiger partial charge is 0.277 e. The van der Waals surface area contributed by atoms with Crippen molar-refractivity contribution in [2.75, 3.05) is 60.9 Å². The first kappa shape index (κ1) is 28.3. The average molecular weight is 636 g/mol. The number of amides is 3. The lowest BCUT2D eigenvalue weighted by Gasteiger charge is -2.38. The number of para-hydroxylation sites is 1. The minimum Gasteiger partial charge on any atom is -0.448 e. The highest BCUT2D eigenvalue weighted by Crippen LogP contribution is 2.39. The van der Waals surface area contributed by atoms with Gasteiger partial charge in [-0.05, 0) is 71.9 Å². The molecule has 3 fully saturated rings. The lowest BCUT2D eigenvalue weighted by molar-refractivity contribution is -0.127. The zero-order valence-corrected chi connectivity index (χ0v) is 25.1. The maximum atomic E-state index is 13.2. The van der Waals surface area contributed by atoms with Gasteiger partial charge < -0.3 is 29.8 Å². The van der Waals surface area contributed by atoms with E-state index < -0.39 is 0 Å². The topological polar surface area (TPSA) is 111 Å². The second-order valence-electron chi connectivity index (χ2n) is 11.1. The van der Waals surface area contributed by atoms with Gasteiger partial charge >= 0.3 is 0 Å². The van der Waals surface area contributed by atoms with E-state index in [1.165, 1.54) is 6.26 Å². The zero-order valence-electron chi connectivity index (χ0n) is 23.5. The summed E-state index contributed by atoms with van der Waals surface area (Å²) in [4.78, 5) is 48.9. The Balaban J connectivity index is 1.15. The van der Waals surface area contributed by atoms with Crippen LogP contribution in [0.5, 0.6) is 0 Å². The number of nitrogens with zero attached hydrogens (tertiary/aromatic N) is 4. The van der Waals surface area contributed by atoms with Gasteiger partial charge in [-0.3, -0.25) is 14.4 Å². The molecule has 6 rings (SSSR count). The lowest BCUT2D eigenvalue weighted by atomic mass is 10.1. The molecule has 0 spiro atoms. The van der Waals surface area contributed by atoms with Crippen molar-refractivity contribution in [3.8, 4) is 0 Å². The average Bonchev–Trinajstić information content (AvgIpc) is 3.59. The van der Waals surface area contributed by atoms with Gasteiger partial charge in [0.2, 0.25) is 5.91 Å². The first-order chi connectivity index (χ1) is 20.5. The Morgan fingerprint density at radius 1 is 0.976 bits per heavy atom. The molecule has 0 atom stereocenters. The number of carbonyl (C=O) groups is 3. The van der Waals surface area contributed by atoms with Gasteiger partial charge in [-0.25, -0.2) is 4.98 Å². The number of hydrogen-bond acceptors (Lipinski definition) is 7. The van der Waals surface area contributed by atoms with Gasteiger partial charge in [0.05, 0.1) is 17.1 Å². The molecule has 10 nitrogen and oxygen atoms in total. The van der Waals surface area contributed by atoms with Crippen molar-refractivity contribution in [3.63, 3.8) is 0 Å². The van der Waals surface area contributed by atoms with Gasteiger partial charge in [-0.2, -0.15) is 0 Å². The summed E-state index contributed by atoms with van der Waals surface area (Å²) < 4.78 is 6.60. The summed E-state index contributed by atoms with van der Waals surface area (Å²) in [5.74, 6) is 0.504. The Hall–Kier alpha value is -3.86. The molecule has 2 aliphatic heterocycles. The van der Waals surface area contributed by atoms with E-state index in [1.54, 1.807) is 12.1 Å². The van der Waals surface area contributed by atoms with Crippen molar-refractivity contribution in [3.05, 3.63) is 70.3 Å². The SMILES string of the molecule is O=C(NCCCN1CCCC1=O)c1ccc(N2CCN(c3ccccc3Br)CC2)c(NC(=O)c2coc(C3CC3)n2)c1. The van der Waals surface area contributed by atoms with Crippen LogP contribution < -0.4 is 20.4 Å². The molecule has 3 amide bonds. The van der Waals surface area contributed by atoms with Crippen LogP contribution in [0.2, 0.25) is 0 Å². The van der Waals surface area contributed by atoms with E-state index in [4.69, 9.17) is 4.42 Å². The number of carbonyl (C=O) groups excluding carboxylic acids is 3. The van der Waals surface area contributed by atoms with Crippen molar-refractivity contribution in [2.24, 2.45) is 0 Å². The number of rotatable bonds is 10. The number of piperazine rings is 1. The number of likely N-dealkylation sites (tertiary alicyclic amines) is 1. The molecule has 1 saturated carbocycles. The second kappa shape index (κ2) is 12.6. The molecule has 1 aliphatic carbocycles. The quantitative estimate of drug-likeness (QED) is 0.313. The lowest BCUT2D eigenvalue weighted by Crippen LogP contribution is -2.47. The molecular formula is C31H35BrN6O4. The maximum absolute atomic E-state index is 13.2. The number of oxazole rings is 1. The van der Waals surface area contributed by atoms with Gasteiger partial charge in [0, 0.05) is 68.2 Å². The molecule has 2 N–H and O–H groups in total. The summed E-state index contributed by atoms with van der Waals surface area (Å²) in [6.07, 6.45) is 5.67. The molecule has 220 valence electrons. The molecule has 11 heteroatoms. The van der Waals surface area contributed by atoms with Crippen LogP contribution in [0.4, 0.5) is 17.1 Å². The number of benzene rings is 2. The molecule has 3 heterocycles. The molecule has 0 bridgehead atoms. The van der Waals surface area contributed by atoms with Gasteiger partial charge in [0.25, 0.3) is 11.8 Å². The molecule has 42 heavy (non-hydrogen) atoms. The molecule has 0 radical (unpaired) electrons. The third-order valence-corrected chi connectivity index (χ3v) is 8.73. The summed E-state index contributed by atoms with van der Waals surface area (Å²) >= 11 is 3.66. The molecule has 1 aromatic heterocycles. The molecule has 3 aromatic rings. The van der Waals surface area contributed by atoms with Crippen LogP contribution in [0.25, 0.3) is 0 Å². The van der Waals surface area contributed by atoms with Crippen molar-refractivity contribution in [1.29, 1.82) is 0 Å². The Labute approximate surface area is 253 Å². The van der Waals surface area contributed by atoms with Gasteiger partial charge in [0.15, 0.2) is 11.6 Å². The maximum Gasteiger partial charge on any atom is 0.277 e. The van der Waals surface area contributed by atoms with E-state index in [2.05, 4.69) is 47.4 Å². The fourth-order valence-corrected chi connectivity index (χ4v) is 6.10. The Kier molecular flexibility index (Phi) is 8.46. The van der Waals surface area contributed by atoms with Gasteiger partial charge in [-0.15, -0.1) is 0 Å². The fraction of sp³-hybridized carbons (Fsp3) is 0.419. The van der Waals surface area contributed by atoms with Crippen molar-refractivity contribution >= 4 is 50.7 Å². The molecule has 3 aliphatic rings. The Morgan fingerprint density at radius 3 is 2.45 bits per heavy atom. The number of aromatic nitrogens is 1. The third-order valence-electron chi connectivity index (χ3n) is 8.06. The molecule has 2 saturated heterocycles. The zero-order chi connectivity index (χ0) is 29.1. The molecule has 2 aromatic carbocycles. The number of hydrogen-bond donors (Lipinski definition) is 2. The van der Waals surface area contributed by atoms with Crippen molar-refractivity contribution < 1.29 is 18.8 Å². The van der Waals surface area contributed by atoms with Gasteiger partial charge in [0.1, 0.15) is 6.26 Å². The normalized spacial score (nSPS) is 17.1. The number of anilines is 3. The minimum atomic E-state index is -0.369. The van der Waals surface area contributed by atoms with Gasteiger partial charge in [-0.1, -0.05) is 12.1 Å². The van der Waals surface area contributed by atoms with E-state index in [-0.39, 0.29) is 23.4 Å². The van der Waals surface area contributed by atoms with Crippen LogP contribution in [-0.4, -0.2) is 73.4 Å². The van der Waals surface area contributed by atoms with E-state index >= 15 is 0 Å². The highest BCUT2D eigenvalue weighted by atomic mass is 79.9. The minimum absolute atomic E-state index is 0.186. The van der Waals surface area contributed by atoms with Crippen molar-refractivity contribution in [1.82, 2.24) is 15.2 Å². The summed E-state index contributed by atoms with van der Waals surface area (Å²) in [6.45, 7) is 5.03. The van der Waals surface area contributed by atoms with Crippen LogP contribution in [0.15, 0.2) is 57.6 Å². The summed E-state index contributed by atoms with van der Waals surface area (Å²) in [7, 11) is 0. The second-order valence-corrected chi connectivity index (χ2v) is 11.9. The molecular weight excluding hydrogens is 600 g/mol. The number of halogens is 1. The van der Waals surface area contributed by atoms with E-state index in [1.807, 2.05) is 29.2 Å².